The summed E-state index contributed by atoms with van der Waals surface area (Å²) in [5.41, 5.74) is 1.07. The molecule has 1 aliphatic carbocycles. The molecule has 28 heavy (non-hydrogen) atoms. The molecule has 0 saturated carbocycles. The maximum atomic E-state index is 13.9. The van der Waals surface area contributed by atoms with Crippen LogP contribution in [0.1, 0.15) is 23.6 Å². The standard InChI is InChI=1S/C17H14F5NO4S/c1-26-10-6-4-7-8(16(10)27-2)3-5-9(7)23-28(24,25)17-14(21)12(19)11(18)13(20)15(17)22/h4,6,9,23H,3,5H2,1-2H3. The molecule has 2 aromatic rings. The summed E-state index contributed by atoms with van der Waals surface area (Å²) in [4.78, 5) is -1.92. The first-order chi connectivity index (χ1) is 13.1. The van der Waals surface area contributed by atoms with Crippen LogP contribution in [-0.2, 0) is 16.4 Å². The van der Waals surface area contributed by atoms with E-state index in [0.29, 0.717) is 29.0 Å². The SMILES string of the molecule is COc1ccc2c(c1OC)CCC2NS(=O)(=O)c1c(F)c(F)c(F)c(F)c1F. The van der Waals surface area contributed by atoms with Crippen molar-refractivity contribution in [1.82, 2.24) is 4.72 Å². The van der Waals surface area contributed by atoms with Crippen molar-refractivity contribution in [3.05, 3.63) is 52.3 Å². The fourth-order valence-electron chi connectivity index (χ4n) is 3.22. The van der Waals surface area contributed by atoms with E-state index < -0.39 is 50.0 Å². The molecule has 0 aromatic heterocycles. The lowest BCUT2D eigenvalue weighted by atomic mass is 10.1. The fourth-order valence-corrected chi connectivity index (χ4v) is 4.61. The van der Waals surface area contributed by atoms with Crippen molar-refractivity contribution in [3.8, 4) is 11.5 Å². The molecule has 0 bridgehead atoms. The third-order valence-electron chi connectivity index (χ3n) is 4.48. The summed E-state index contributed by atoms with van der Waals surface area (Å²) in [6, 6.07) is 2.10. The lowest BCUT2D eigenvalue weighted by Crippen LogP contribution is -2.30. The fraction of sp³-hybridized carbons (Fsp3) is 0.294. The molecule has 0 heterocycles. The Bertz CT molecular complexity index is 1030. The van der Waals surface area contributed by atoms with Crippen molar-refractivity contribution >= 4 is 10.0 Å². The Balaban J connectivity index is 2.04. The van der Waals surface area contributed by atoms with Gasteiger partial charge in [-0.05, 0) is 24.5 Å². The van der Waals surface area contributed by atoms with Crippen molar-refractivity contribution in [2.45, 2.75) is 23.8 Å². The van der Waals surface area contributed by atoms with Crippen LogP contribution in [0.4, 0.5) is 22.0 Å². The van der Waals surface area contributed by atoms with Gasteiger partial charge in [0, 0.05) is 11.6 Å². The highest BCUT2D eigenvalue weighted by atomic mass is 32.2. The van der Waals surface area contributed by atoms with Gasteiger partial charge in [-0.25, -0.2) is 35.1 Å². The van der Waals surface area contributed by atoms with E-state index in [1.165, 1.54) is 26.4 Å². The second kappa shape index (κ2) is 7.21. The topological polar surface area (TPSA) is 64.6 Å². The molecule has 5 nitrogen and oxygen atoms in total. The second-order valence-electron chi connectivity index (χ2n) is 5.98. The molecule has 1 N–H and O–H groups in total. The average molecular weight is 423 g/mol. The number of ether oxygens (including phenoxy) is 2. The van der Waals surface area contributed by atoms with Gasteiger partial charge in [-0.2, -0.15) is 0 Å². The average Bonchev–Trinajstić information content (AvgIpc) is 3.05. The molecule has 1 unspecified atom stereocenters. The van der Waals surface area contributed by atoms with Crippen LogP contribution in [0.15, 0.2) is 17.0 Å². The molecule has 0 spiro atoms. The molecule has 0 radical (unpaired) electrons. The van der Waals surface area contributed by atoms with Gasteiger partial charge in [-0.3, -0.25) is 0 Å². The van der Waals surface area contributed by atoms with Crippen LogP contribution in [-0.4, -0.2) is 22.6 Å². The lowest BCUT2D eigenvalue weighted by molar-refractivity contribution is 0.352. The van der Waals surface area contributed by atoms with Crippen LogP contribution in [0, 0.1) is 29.1 Å². The molecule has 3 rings (SSSR count). The van der Waals surface area contributed by atoms with Gasteiger partial charge in [-0.1, -0.05) is 6.07 Å². The van der Waals surface area contributed by atoms with Crippen LogP contribution in [0.5, 0.6) is 11.5 Å². The van der Waals surface area contributed by atoms with E-state index >= 15 is 0 Å². The minimum atomic E-state index is -5.06. The van der Waals surface area contributed by atoms with Crippen LogP contribution in [0.2, 0.25) is 0 Å². The number of methoxy groups -OCH3 is 2. The van der Waals surface area contributed by atoms with Crippen molar-refractivity contribution in [1.29, 1.82) is 0 Å². The number of rotatable bonds is 5. The molecule has 2 aromatic carbocycles. The summed E-state index contributed by atoms with van der Waals surface area (Å²) in [6.45, 7) is 0. The third kappa shape index (κ3) is 3.08. The van der Waals surface area contributed by atoms with Gasteiger partial charge < -0.3 is 9.47 Å². The maximum Gasteiger partial charge on any atom is 0.247 e. The third-order valence-corrected chi connectivity index (χ3v) is 5.97. The first kappa shape index (κ1) is 20.3. The van der Waals surface area contributed by atoms with E-state index in [-0.39, 0.29) is 6.42 Å². The van der Waals surface area contributed by atoms with Gasteiger partial charge in [0.15, 0.2) is 39.7 Å². The number of hydrogen-bond acceptors (Lipinski definition) is 4. The van der Waals surface area contributed by atoms with Gasteiger partial charge in [0.25, 0.3) is 0 Å². The van der Waals surface area contributed by atoms with E-state index in [1.54, 1.807) is 0 Å². The molecular formula is C17H14F5NO4S. The Hall–Kier alpha value is -2.40. The zero-order chi connectivity index (χ0) is 20.8. The summed E-state index contributed by atoms with van der Waals surface area (Å²) in [7, 11) is -2.25. The number of benzene rings is 2. The summed E-state index contributed by atoms with van der Waals surface area (Å²) in [5, 5.41) is 0. The van der Waals surface area contributed by atoms with Crippen LogP contribution < -0.4 is 14.2 Å². The molecule has 11 heteroatoms. The number of sulfonamides is 1. The van der Waals surface area contributed by atoms with Gasteiger partial charge >= 0.3 is 0 Å². The minimum Gasteiger partial charge on any atom is -0.493 e. The number of hydrogen-bond donors (Lipinski definition) is 1. The van der Waals surface area contributed by atoms with Crippen molar-refractivity contribution < 1.29 is 39.8 Å². The van der Waals surface area contributed by atoms with E-state index in [4.69, 9.17) is 9.47 Å². The summed E-state index contributed by atoms with van der Waals surface area (Å²) < 4.78 is 105. The van der Waals surface area contributed by atoms with E-state index in [2.05, 4.69) is 0 Å². The highest BCUT2D eigenvalue weighted by Gasteiger charge is 2.37. The Kier molecular flexibility index (Phi) is 5.24. The largest absolute Gasteiger partial charge is 0.493 e. The zero-order valence-corrected chi connectivity index (χ0v) is 15.4. The van der Waals surface area contributed by atoms with Crippen LogP contribution in [0.3, 0.4) is 0 Å². The van der Waals surface area contributed by atoms with Crippen molar-refractivity contribution in [3.63, 3.8) is 0 Å². The minimum absolute atomic E-state index is 0.188. The van der Waals surface area contributed by atoms with E-state index in [9.17, 15) is 30.4 Å². The molecule has 1 aliphatic rings. The Morgan fingerprint density at radius 1 is 0.929 bits per heavy atom. The van der Waals surface area contributed by atoms with E-state index in [1.807, 2.05) is 4.72 Å². The Morgan fingerprint density at radius 2 is 1.50 bits per heavy atom. The van der Waals surface area contributed by atoms with Crippen LogP contribution >= 0.6 is 0 Å². The summed E-state index contributed by atoms with van der Waals surface area (Å²) in [6.07, 6.45) is 0.535. The molecular weight excluding hydrogens is 409 g/mol. The van der Waals surface area contributed by atoms with Gasteiger partial charge in [0.1, 0.15) is 0 Å². The number of nitrogens with one attached hydrogen (secondary N) is 1. The lowest BCUT2D eigenvalue weighted by Gasteiger charge is -2.17. The number of fused-ring (bicyclic) bond motifs is 1. The van der Waals surface area contributed by atoms with Gasteiger partial charge in [0.05, 0.1) is 14.2 Å². The molecule has 1 atom stereocenters. The highest BCUT2D eigenvalue weighted by molar-refractivity contribution is 7.89. The Morgan fingerprint density at radius 3 is 2.04 bits per heavy atom. The molecule has 0 aliphatic heterocycles. The second-order valence-corrected chi connectivity index (χ2v) is 7.63. The molecule has 0 amide bonds. The molecule has 0 fully saturated rings. The quantitative estimate of drug-likeness (QED) is 0.455. The molecule has 0 saturated heterocycles. The predicted molar refractivity (Wildman–Crippen MR) is 87.2 cm³/mol. The monoisotopic (exact) mass is 423 g/mol. The van der Waals surface area contributed by atoms with Crippen molar-refractivity contribution in [2.24, 2.45) is 0 Å². The van der Waals surface area contributed by atoms with E-state index in [0.717, 1.165) is 0 Å². The zero-order valence-electron chi connectivity index (χ0n) is 14.6. The molecule has 152 valence electrons. The normalized spacial score (nSPS) is 16.2. The smallest absolute Gasteiger partial charge is 0.247 e. The van der Waals surface area contributed by atoms with Crippen LogP contribution in [0.25, 0.3) is 0 Å². The first-order valence-corrected chi connectivity index (χ1v) is 9.39. The summed E-state index contributed by atoms with van der Waals surface area (Å²) >= 11 is 0. The number of halogens is 5. The maximum absolute atomic E-state index is 13.9. The predicted octanol–water partition coefficient (Wildman–Crippen LogP) is 3.37. The van der Waals surface area contributed by atoms with Gasteiger partial charge in [0.2, 0.25) is 15.8 Å². The summed E-state index contributed by atoms with van der Waals surface area (Å²) in [5.74, 6) is -11.2. The Labute approximate surface area is 157 Å². The van der Waals surface area contributed by atoms with Crippen molar-refractivity contribution in [2.75, 3.05) is 14.2 Å². The van der Waals surface area contributed by atoms with Gasteiger partial charge in [-0.15, -0.1) is 0 Å². The highest BCUT2D eigenvalue weighted by Crippen LogP contribution is 2.43. The first-order valence-electron chi connectivity index (χ1n) is 7.91.